The van der Waals surface area contributed by atoms with Crippen LogP contribution in [-0.4, -0.2) is 12.0 Å². The van der Waals surface area contributed by atoms with Gasteiger partial charge in [-0.3, -0.25) is 0 Å². The highest BCUT2D eigenvalue weighted by Crippen LogP contribution is 2.34. The van der Waals surface area contributed by atoms with E-state index in [1.807, 2.05) is 0 Å². The quantitative estimate of drug-likeness (QED) is 0.767. The van der Waals surface area contributed by atoms with Gasteiger partial charge in [0, 0.05) is 12.7 Å². The molecule has 0 bridgehead atoms. The summed E-state index contributed by atoms with van der Waals surface area (Å²) in [4.78, 5) is 3.42. The van der Waals surface area contributed by atoms with Crippen LogP contribution in [0.1, 0.15) is 11.1 Å². The van der Waals surface area contributed by atoms with E-state index in [0.717, 1.165) is 0 Å². The third-order valence-corrected chi connectivity index (χ3v) is 1.72. The molecule has 6 heteroatoms. The van der Waals surface area contributed by atoms with Gasteiger partial charge in [-0.05, 0) is 18.7 Å². The zero-order chi connectivity index (χ0) is 10.8. The number of pyridine rings is 1. The first-order chi connectivity index (χ1) is 6.46. The van der Waals surface area contributed by atoms with Gasteiger partial charge in [-0.2, -0.15) is 13.2 Å². The van der Waals surface area contributed by atoms with Gasteiger partial charge in [0.1, 0.15) is 11.4 Å². The Morgan fingerprint density at radius 2 is 2.14 bits per heavy atom. The number of hydrogen-bond donors (Lipinski definition) is 2. The van der Waals surface area contributed by atoms with Crippen LogP contribution in [0.3, 0.4) is 0 Å². The van der Waals surface area contributed by atoms with E-state index in [0.29, 0.717) is 0 Å². The molecule has 3 N–H and O–H groups in total. The van der Waals surface area contributed by atoms with Gasteiger partial charge in [0.15, 0.2) is 0 Å². The molecule has 0 atom stereocenters. The number of nitrogens with two attached hydrogens (primary N) is 1. The van der Waals surface area contributed by atoms with Crippen LogP contribution in [0.2, 0.25) is 0 Å². The van der Waals surface area contributed by atoms with Crippen molar-refractivity contribution in [2.75, 3.05) is 12.8 Å². The van der Waals surface area contributed by atoms with Crippen molar-refractivity contribution in [1.82, 2.24) is 10.3 Å². The number of rotatable bonds is 2. The normalized spacial score (nSPS) is 11.7. The van der Waals surface area contributed by atoms with Crippen molar-refractivity contribution >= 4 is 5.82 Å². The maximum atomic E-state index is 12.5. The molecule has 0 aliphatic carbocycles. The lowest BCUT2D eigenvalue weighted by atomic mass is 10.1. The molecule has 3 nitrogen and oxygen atoms in total. The summed E-state index contributed by atoms with van der Waals surface area (Å²) in [5, 5.41) is 2.64. The number of nitrogens with one attached hydrogen (secondary N) is 1. The second-order valence-electron chi connectivity index (χ2n) is 2.76. The summed E-state index contributed by atoms with van der Waals surface area (Å²) in [5.41, 5.74) is 4.43. The van der Waals surface area contributed by atoms with Gasteiger partial charge in [-0.1, -0.05) is 0 Å². The molecule has 0 aliphatic heterocycles. The van der Waals surface area contributed by atoms with Crippen LogP contribution in [-0.2, 0) is 12.7 Å². The van der Waals surface area contributed by atoms with Crippen molar-refractivity contribution in [1.29, 1.82) is 0 Å². The molecule has 1 heterocycles. The molecule has 1 rings (SSSR count). The minimum Gasteiger partial charge on any atom is -0.383 e. The lowest BCUT2D eigenvalue weighted by molar-refractivity contribution is -0.137. The Balaban J connectivity index is 3.22. The van der Waals surface area contributed by atoms with Gasteiger partial charge in [0.05, 0.1) is 0 Å². The number of aromatic nitrogens is 1. The van der Waals surface area contributed by atoms with E-state index >= 15 is 0 Å². The van der Waals surface area contributed by atoms with Crippen LogP contribution in [0.25, 0.3) is 0 Å². The molecule has 0 amide bonds. The Kier molecular flexibility index (Phi) is 2.95. The summed E-state index contributed by atoms with van der Waals surface area (Å²) in [6, 6.07) is 1.30. The Labute approximate surface area is 79.1 Å². The van der Waals surface area contributed by atoms with E-state index in [4.69, 9.17) is 5.73 Å². The molecule has 0 aliphatic rings. The highest BCUT2D eigenvalue weighted by molar-refractivity contribution is 5.46. The zero-order valence-corrected chi connectivity index (χ0v) is 7.52. The monoisotopic (exact) mass is 205 g/mol. The average molecular weight is 205 g/mol. The molecular formula is C8H10F3N3. The number of hydrogen-bond acceptors (Lipinski definition) is 3. The minimum absolute atomic E-state index is 0.104. The second kappa shape index (κ2) is 3.83. The molecule has 0 spiro atoms. The highest BCUT2D eigenvalue weighted by atomic mass is 19.4. The van der Waals surface area contributed by atoms with Crippen molar-refractivity contribution in [2.45, 2.75) is 12.7 Å². The first kappa shape index (κ1) is 10.8. The van der Waals surface area contributed by atoms with Crippen LogP contribution in [0, 0.1) is 0 Å². The molecule has 0 saturated carbocycles. The Bertz CT molecular complexity index is 322. The number of alkyl halides is 3. The Hall–Kier alpha value is -1.30. The van der Waals surface area contributed by atoms with E-state index in [1.165, 1.54) is 12.3 Å². The molecule has 0 fully saturated rings. The van der Waals surface area contributed by atoms with Gasteiger partial charge in [-0.25, -0.2) is 4.98 Å². The largest absolute Gasteiger partial charge is 0.420 e. The molecule has 1 aromatic rings. The Morgan fingerprint density at radius 1 is 1.50 bits per heavy atom. The van der Waals surface area contributed by atoms with E-state index in [2.05, 4.69) is 10.3 Å². The molecule has 0 aromatic carbocycles. The van der Waals surface area contributed by atoms with Crippen molar-refractivity contribution in [3.63, 3.8) is 0 Å². The van der Waals surface area contributed by atoms with Crippen molar-refractivity contribution in [3.8, 4) is 0 Å². The molecule has 0 radical (unpaired) electrons. The average Bonchev–Trinajstić information content (AvgIpc) is 2.02. The zero-order valence-electron chi connectivity index (χ0n) is 7.52. The fourth-order valence-corrected chi connectivity index (χ4v) is 1.18. The third kappa shape index (κ3) is 2.14. The van der Waals surface area contributed by atoms with Crippen LogP contribution in [0.4, 0.5) is 19.0 Å². The minimum atomic E-state index is -4.45. The van der Waals surface area contributed by atoms with E-state index in [-0.39, 0.29) is 12.1 Å². The fraction of sp³-hybridized carbons (Fsp3) is 0.375. The molecule has 0 saturated heterocycles. The van der Waals surface area contributed by atoms with E-state index in [1.54, 1.807) is 7.05 Å². The molecule has 1 aromatic heterocycles. The number of nitrogens with zero attached hydrogens (tertiary/aromatic N) is 1. The Morgan fingerprint density at radius 3 is 2.64 bits per heavy atom. The van der Waals surface area contributed by atoms with Gasteiger partial charge in [-0.15, -0.1) is 0 Å². The molecule has 78 valence electrons. The van der Waals surface area contributed by atoms with Crippen LogP contribution < -0.4 is 11.1 Å². The van der Waals surface area contributed by atoms with Gasteiger partial charge in [0.25, 0.3) is 0 Å². The summed E-state index contributed by atoms with van der Waals surface area (Å²) in [5.74, 6) is -0.481. The number of anilines is 1. The fourth-order valence-electron chi connectivity index (χ4n) is 1.18. The summed E-state index contributed by atoms with van der Waals surface area (Å²) >= 11 is 0. The smallest absolute Gasteiger partial charge is 0.383 e. The molecule has 0 unspecified atom stereocenters. The third-order valence-electron chi connectivity index (χ3n) is 1.72. The van der Waals surface area contributed by atoms with Crippen LogP contribution >= 0.6 is 0 Å². The van der Waals surface area contributed by atoms with E-state index in [9.17, 15) is 13.2 Å². The number of nitrogen functional groups attached to an aromatic ring is 1. The summed E-state index contributed by atoms with van der Waals surface area (Å²) in [7, 11) is 1.57. The molecule has 14 heavy (non-hydrogen) atoms. The number of halogens is 3. The molecular weight excluding hydrogens is 195 g/mol. The van der Waals surface area contributed by atoms with Crippen LogP contribution in [0.5, 0.6) is 0 Å². The first-order valence-corrected chi connectivity index (χ1v) is 3.92. The van der Waals surface area contributed by atoms with Crippen molar-refractivity contribution < 1.29 is 13.2 Å². The second-order valence-corrected chi connectivity index (χ2v) is 2.76. The highest BCUT2D eigenvalue weighted by Gasteiger charge is 2.36. The van der Waals surface area contributed by atoms with Gasteiger partial charge < -0.3 is 11.1 Å². The summed E-state index contributed by atoms with van der Waals surface area (Å²) in [6.07, 6.45) is -3.19. The van der Waals surface area contributed by atoms with Gasteiger partial charge >= 0.3 is 6.18 Å². The van der Waals surface area contributed by atoms with Crippen molar-refractivity contribution in [3.05, 3.63) is 23.4 Å². The van der Waals surface area contributed by atoms with Crippen molar-refractivity contribution in [2.24, 2.45) is 0 Å². The van der Waals surface area contributed by atoms with Crippen LogP contribution in [0.15, 0.2) is 12.3 Å². The predicted octanol–water partition coefficient (Wildman–Crippen LogP) is 1.40. The van der Waals surface area contributed by atoms with Gasteiger partial charge in [0.2, 0.25) is 0 Å². The lowest BCUT2D eigenvalue weighted by Crippen LogP contribution is -2.17. The topological polar surface area (TPSA) is 50.9 Å². The standard InChI is InChI=1S/C8H10F3N3/c1-13-4-5-2-3-14-7(12)6(5)8(9,10)11/h2-3,13H,4H2,1H3,(H2,12,14). The first-order valence-electron chi connectivity index (χ1n) is 3.92. The lowest BCUT2D eigenvalue weighted by Gasteiger charge is -2.13. The summed E-state index contributed by atoms with van der Waals surface area (Å²) < 4.78 is 37.5. The maximum absolute atomic E-state index is 12.5. The predicted molar refractivity (Wildman–Crippen MR) is 46.4 cm³/mol. The SMILES string of the molecule is CNCc1ccnc(N)c1C(F)(F)F. The van der Waals surface area contributed by atoms with E-state index < -0.39 is 17.6 Å². The summed E-state index contributed by atoms with van der Waals surface area (Å²) in [6.45, 7) is 0.113. The maximum Gasteiger partial charge on any atom is 0.420 e.